The Morgan fingerprint density at radius 1 is 1.42 bits per heavy atom. The fraction of sp³-hybridized carbons (Fsp3) is 0.467. The number of nitrogens with one attached hydrogen (secondary N) is 1. The fourth-order valence-electron chi connectivity index (χ4n) is 2.17. The summed E-state index contributed by atoms with van der Waals surface area (Å²) in [4.78, 5) is 24.0. The van der Waals surface area contributed by atoms with Gasteiger partial charge in [0.1, 0.15) is 0 Å². The molecule has 128 valence electrons. The van der Waals surface area contributed by atoms with Gasteiger partial charge in [0.15, 0.2) is 11.0 Å². The molecule has 1 fully saturated rings. The van der Waals surface area contributed by atoms with Crippen LogP contribution in [0.4, 0.5) is 0 Å². The second-order valence-electron chi connectivity index (χ2n) is 5.69. The van der Waals surface area contributed by atoms with Crippen molar-refractivity contribution in [1.82, 2.24) is 20.1 Å². The SMILES string of the molecule is NC(=O)CCn1c(SCC(=O)NCC2CC2)nnc1-c1cccs1. The highest BCUT2D eigenvalue weighted by Crippen LogP contribution is 2.28. The van der Waals surface area contributed by atoms with Crippen LogP contribution < -0.4 is 11.1 Å². The molecule has 2 heterocycles. The lowest BCUT2D eigenvalue weighted by molar-refractivity contribution is -0.119. The molecule has 0 aromatic carbocycles. The van der Waals surface area contributed by atoms with Gasteiger partial charge in [-0.3, -0.25) is 9.59 Å². The summed E-state index contributed by atoms with van der Waals surface area (Å²) in [5.41, 5.74) is 5.26. The summed E-state index contributed by atoms with van der Waals surface area (Å²) >= 11 is 2.88. The molecule has 2 aromatic heterocycles. The molecule has 1 aliphatic carbocycles. The van der Waals surface area contributed by atoms with Crippen LogP contribution in [-0.2, 0) is 16.1 Å². The Bertz CT molecular complexity index is 710. The lowest BCUT2D eigenvalue weighted by Gasteiger charge is -2.08. The number of carbonyl (C=O) groups excluding carboxylic acids is 2. The summed E-state index contributed by atoms with van der Waals surface area (Å²) in [7, 11) is 0. The van der Waals surface area contributed by atoms with Crippen molar-refractivity contribution in [2.75, 3.05) is 12.3 Å². The van der Waals surface area contributed by atoms with Gasteiger partial charge in [-0.05, 0) is 30.2 Å². The highest BCUT2D eigenvalue weighted by Gasteiger charge is 2.22. The van der Waals surface area contributed by atoms with Gasteiger partial charge < -0.3 is 15.6 Å². The minimum Gasteiger partial charge on any atom is -0.370 e. The summed E-state index contributed by atoms with van der Waals surface area (Å²) in [6.45, 7) is 1.16. The number of nitrogens with two attached hydrogens (primary N) is 1. The molecule has 0 unspecified atom stereocenters. The zero-order valence-electron chi connectivity index (χ0n) is 13.1. The average molecular weight is 365 g/mol. The Hall–Kier alpha value is -1.87. The van der Waals surface area contributed by atoms with Crippen LogP contribution in [-0.4, -0.2) is 38.9 Å². The molecular formula is C15H19N5O2S2. The number of aromatic nitrogens is 3. The molecule has 24 heavy (non-hydrogen) atoms. The lowest BCUT2D eigenvalue weighted by Crippen LogP contribution is -2.27. The molecule has 3 N–H and O–H groups in total. The van der Waals surface area contributed by atoms with Crippen molar-refractivity contribution in [3.8, 4) is 10.7 Å². The van der Waals surface area contributed by atoms with Gasteiger partial charge in [-0.1, -0.05) is 17.8 Å². The van der Waals surface area contributed by atoms with E-state index in [1.165, 1.54) is 24.6 Å². The van der Waals surface area contributed by atoms with Crippen LogP contribution in [0.15, 0.2) is 22.7 Å². The van der Waals surface area contributed by atoms with Crippen molar-refractivity contribution < 1.29 is 9.59 Å². The van der Waals surface area contributed by atoms with Crippen LogP contribution in [0, 0.1) is 5.92 Å². The molecule has 0 aliphatic heterocycles. The minimum atomic E-state index is -0.376. The summed E-state index contributed by atoms with van der Waals surface area (Å²) in [6, 6.07) is 3.89. The van der Waals surface area contributed by atoms with Crippen LogP contribution in [0.25, 0.3) is 10.7 Å². The van der Waals surface area contributed by atoms with E-state index in [9.17, 15) is 9.59 Å². The number of rotatable bonds is 9. The minimum absolute atomic E-state index is 0.00553. The van der Waals surface area contributed by atoms with Gasteiger partial charge in [-0.25, -0.2) is 0 Å². The summed E-state index contributed by atoms with van der Waals surface area (Å²) in [6.07, 6.45) is 2.62. The lowest BCUT2D eigenvalue weighted by atomic mass is 10.4. The van der Waals surface area contributed by atoms with Gasteiger partial charge in [0, 0.05) is 19.5 Å². The van der Waals surface area contributed by atoms with E-state index < -0.39 is 0 Å². The molecule has 0 saturated heterocycles. The molecule has 0 spiro atoms. The Kier molecular flexibility index (Phi) is 5.52. The van der Waals surface area contributed by atoms with Crippen LogP contribution in [0.3, 0.4) is 0 Å². The number of carbonyl (C=O) groups is 2. The molecule has 0 bridgehead atoms. The second kappa shape index (κ2) is 7.80. The van der Waals surface area contributed by atoms with Gasteiger partial charge in [0.05, 0.1) is 10.6 Å². The maximum atomic E-state index is 11.9. The number of thioether (sulfide) groups is 1. The van der Waals surface area contributed by atoms with E-state index in [1.54, 1.807) is 11.3 Å². The zero-order chi connectivity index (χ0) is 16.9. The fourth-order valence-corrected chi connectivity index (χ4v) is 3.68. The predicted octanol–water partition coefficient (Wildman–Crippen LogP) is 1.50. The van der Waals surface area contributed by atoms with E-state index in [4.69, 9.17) is 5.73 Å². The van der Waals surface area contributed by atoms with E-state index >= 15 is 0 Å². The molecule has 1 aliphatic rings. The first-order valence-corrected chi connectivity index (χ1v) is 9.65. The maximum absolute atomic E-state index is 11.9. The number of thiophene rings is 1. The maximum Gasteiger partial charge on any atom is 0.230 e. The first kappa shape index (κ1) is 17.0. The van der Waals surface area contributed by atoms with Crippen molar-refractivity contribution in [1.29, 1.82) is 0 Å². The smallest absolute Gasteiger partial charge is 0.230 e. The van der Waals surface area contributed by atoms with Gasteiger partial charge in [0.2, 0.25) is 11.8 Å². The predicted molar refractivity (Wildman–Crippen MR) is 93.6 cm³/mol. The summed E-state index contributed by atoms with van der Waals surface area (Å²) < 4.78 is 1.86. The van der Waals surface area contributed by atoms with E-state index in [0.717, 1.165) is 11.4 Å². The molecule has 9 heteroatoms. The summed E-state index contributed by atoms with van der Waals surface area (Å²) in [5, 5.41) is 13.9. The number of hydrogen-bond acceptors (Lipinski definition) is 6. The third-order valence-corrected chi connectivity index (χ3v) is 5.49. The Morgan fingerprint density at radius 3 is 2.92 bits per heavy atom. The van der Waals surface area contributed by atoms with Crippen molar-refractivity contribution >= 4 is 34.9 Å². The molecule has 7 nitrogen and oxygen atoms in total. The molecule has 1 saturated carbocycles. The zero-order valence-corrected chi connectivity index (χ0v) is 14.7. The van der Waals surface area contributed by atoms with Crippen LogP contribution >= 0.6 is 23.1 Å². The van der Waals surface area contributed by atoms with Crippen LogP contribution in [0.5, 0.6) is 0 Å². The number of amides is 2. The number of primary amides is 1. The second-order valence-corrected chi connectivity index (χ2v) is 7.58. The Morgan fingerprint density at radius 2 is 2.25 bits per heavy atom. The Labute approximate surface area is 148 Å². The third kappa shape index (κ3) is 4.57. The number of hydrogen-bond donors (Lipinski definition) is 2. The van der Waals surface area contributed by atoms with Gasteiger partial charge in [-0.15, -0.1) is 21.5 Å². The van der Waals surface area contributed by atoms with E-state index in [0.29, 0.717) is 23.4 Å². The van der Waals surface area contributed by atoms with Crippen LogP contribution in [0.2, 0.25) is 0 Å². The summed E-state index contributed by atoms with van der Waals surface area (Å²) in [5.74, 6) is 1.26. The first-order valence-electron chi connectivity index (χ1n) is 7.78. The standard InChI is InChI=1S/C15H19N5O2S2/c16-12(21)5-6-20-14(11-2-1-7-23-11)18-19-15(20)24-9-13(22)17-8-10-3-4-10/h1-2,7,10H,3-6,8-9H2,(H2,16,21)(H,17,22). The van der Waals surface area contributed by atoms with Crippen LogP contribution in [0.1, 0.15) is 19.3 Å². The van der Waals surface area contributed by atoms with Crippen molar-refractivity contribution in [2.45, 2.75) is 31.0 Å². The highest BCUT2D eigenvalue weighted by atomic mass is 32.2. The quantitative estimate of drug-likeness (QED) is 0.656. The molecule has 3 rings (SSSR count). The average Bonchev–Trinajstić information content (AvgIpc) is 3.07. The molecular weight excluding hydrogens is 346 g/mol. The Balaban J connectivity index is 1.66. The molecule has 2 amide bonds. The molecule has 2 aromatic rings. The van der Waals surface area contributed by atoms with E-state index in [1.807, 2.05) is 22.1 Å². The highest BCUT2D eigenvalue weighted by molar-refractivity contribution is 7.99. The van der Waals surface area contributed by atoms with Crippen molar-refractivity contribution in [2.24, 2.45) is 11.7 Å². The third-order valence-electron chi connectivity index (χ3n) is 3.66. The normalized spacial score (nSPS) is 13.8. The first-order chi connectivity index (χ1) is 11.6. The van der Waals surface area contributed by atoms with Crippen molar-refractivity contribution in [3.63, 3.8) is 0 Å². The van der Waals surface area contributed by atoms with E-state index in [2.05, 4.69) is 15.5 Å². The molecule has 0 radical (unpaired) electrons. The van der Waals surface area contributed by atoms with Gasteiger partial charge >= 0.3 is 0 Å². The number of nitrogens with zero attached hydrogens (tertiary/aromatic N) is 3. The van der Waals surface area contributed by atoms with Gasteiger partial charge in [-0.2, -0.15) is 0 Å². The molecule has 0 atom stereocenters. The van der Waals surface area contributed by atoms with Gasteiger partial charge in [0.25, 0.3) is 0 Å². The topological polar surface area (TPSA) is 103 Å². The van der Waals surface area contributed by atoms with E-state index in [-0.39, 0.29) is 24.0 Å². The van der Waals surface area contributed by atoms with Crippen molar-refractivity contribution in [3.05, 3.63) is 17.5 Å². The monoisotopic (exact) mass is 365 g/mol. The largest absolute Gasteiger partial charge is 0.370 e.